The zero-order valence-electron chi connectivity index (χ0n) is 17.7. The van der Waals surface area contributed by atoms with Crippen molar-refractivity contribution in [3.05, 3.63) is 24.2 Å². The minimum absolute atomic E-state index is 0.00685. The number of nitrogens with zero attached hydrogens (tertiary/aromatic N) is 3. The highest BCUT2D eigenvalue weighted by atomic mass is 16.5. The molecule has 0 bridgehead atoms. The molecule has 1 aliphatic carbocycles. The number of pyridine rings is 1. The van der Waals surface area contributed by atoms with E-state index < -0.39 is 5.97 Å². The summed E-state index contributed by atoms with van der Waals surface area (Å²) in [5, 5.41) is 16.5. The molecule has 0 radical (unpaired) electrons. The standard InChI is InChI=1S/C22H32N4O4/c1-29-13-12-23-19-11-10-18(15-24-19)21-25-22(30-26-21)17(14-20(27)28)9-5-8-16-6-3-2-4-7-16/h10-11,15-17H,2-9,12-14H2,1H3,(H,23,24)(H,27,28). The minimum atomic E-state index is -0.842. The van der Waals surface area contributed by atoms with Crippen LogP contribution >= 0.6 is 0 Å². The largest absolute Gasteiger partial charge is 0.481 e. The number of aliphatic carboxylic acids is 1. The van der Waals surface area contributed by atoms with Crippen LogP contribution in [0.4, 0.5) is 5.82 Å². The number of carboxylic acid groups (broad SMARTS) is 1. The minimum Gasteiger partial charge on any atom is -0.481 e. The Labute approximate surface area is 177 Å². The zero-order valence-corrected chi connectivity index (χ0v) is 17.7. The van der Waals surface area contributed by atoms with Crippen molar-refractivity contribution in [3.8, 4) is 11.4 Å². The molecule has 1 saturated carbocycles. The molecular weight excluding hydrogens is 384 g/mol. The summed E-state index contributed by atoms with van der Waals surface area (Å²) < 4.78 is 10.5. The number of aromatic nitrogens is 3. The van der Waals surface area contributed by atoms with Gasteiger partial charge in [-0.2, -0.15) is 4.98 Å². The number of methoxy groups -OCH3 is 1. The van der Waals surface area contributed by atoms with E-state index in [0.717, 1.165) is 36.6 Å². The number of anilines is 1. The zero-order chi connectivity index (χ0) is 21.2. The van der Waals surface area contributed by atoms with Crippen molar-refractivity contribution in [3.63, 3.8) is 0 Å². The number of carboxylic acids is 1. The highest BCUT2D eigenvalue weighted by Crippen LogP contribution is 2.31. The average Bonchev–Trinajstić information content (AvgIpc) is 3.24. The van der Waals surface area contributed by atoms with Gasteiger partial charge in [0.05, 0.1) is 13.0 Å². The van der Waals surface area contributed by atoms with Crippen molar-refractivity contribution in [1.29, 1.82) is 0 Å². The lowest BCUT2D eigenvalue weighted by atomic mass is 9.84. The van der Waals surface area contributed by atoms with Crippen LogP contribution in [0.3, 0.4) is 0 Å². The maximum atomic E-state index is 11.4. The van der Waals surface area contributed by atoms with E-state index >= 15 is 0 Å². The molecule has 164 valence electrons. The van der Waals surface area contributed by atoms with Gasteiger partial charge in [-0.1, -0.05) is 50.1 Å². The third kappa shape index (κ3) is 6.79. The van der Waals surface area contributed by atoms with Gasteiger partial charge in [-0.25, -0.2) is 4.98 Å². The molecule has 1 unspecified atom stereocenters. The van der Waals surface area contributed by atoms with Crippen molar-refractivity contribution >= 4 is 11.8 Å². The molecule has 1 fully saturated rings. The lowest BCUT2D eigenvalue weighted by molar-refractivity contribution is -0.137. The molecular formula is C22H32N4O4. The van der Waals surface area contributed by atoms with Crippen LogP contribution in [0.5, 0.6) is 0 Å². The Morgan fingerprint density at radius 1 is 1.33 bits per heavy atom. The van der Waals surface area contributed by atoms with Gasteiger partial charge in [0.15, 0.2) is 0 Å². The molecule has 0 spiro atoms. The van der Waals surface area contributed by atoms with Crippen molar-refractivity contribution in [2.45, 2.75) is 63.7 Å². The first kappa shape index (κ1) is 22.2. The third-order valence-corrected chi connectivity index (χ3v) is 5.74. The van der Waals surface area contributed by atoms with Crippen LogP contribution in [0.2, 0.25) is 0 Å². The van der Waals surface area contributed by atoms with Gasteiger partial charge in [0.1, 0.15) is 5.82 Å². The summed E-state index contributed by atoms with van der Waals surface area (Å²) in [6.07, 6.45) is 11.2. The summed E-state index contributed by atoms with van der Waals surface area (Å²) in [6.45, 7) is 1.27. The lowest BCUT2D eigenvalue weighted by Crippen LogP contribution is -2.10. The van der Waals surface area contributed by atoms with E-state index in [1.807, 2.05) is 12.1 Å². The first-order valence-electron chi connectivity index (χ1n) is 10.9. The third-order valence-electron chi connectivity index (χ3n) is 5.74. The van der Waals surface area contributed by atoms with Crippen molar-refractivity contribution in [1.82, 2.24) is 15.1 Å². The number of hydrogen-bond donors (Lipinski definition) is 2. The molecule has 2 N–H and O–H groups in total. The van der Waals surface area contributed by atoms with E-state index in [1.165, 1.54) is 32.1 Å². The van der Waals surface area contributed by atoms with Crippen LogP contribution in [0.15, 0.2) is 22.9 Å². The molecule has 3 rings (SSSR count). The molecule has 0 aliphatic heterocycles. The second kappa shape index (κ2) is 11.6. The first-order valence-corrected chi connectivity index (χ1v) is 10.9. The Morgan fingerprint density at radius 3 is 2.87 bits per heavy atom. The summed E-state index contributed by atoms with van der Waals surface area (Å²) in [6, 6.07) is 3.71. The molecule has 2 aromatic heterocycles. The van der Waals surface area contributed by atoms with E-state index in [9.17, 15) is 9.90 Å². The van der Waals surface area contributed by atoms with Gasteiger partial charge in [-0.3, -0.25) is 4.79 Å². The van der Waals surface area contributed by atoms with Gasteiger partial charge < -0.3 is 19.7 Å². The Hall–Kier alpha value is -2.48. The Morgan fingerprint density at radius 2 is 2.17 bits per heavy atom. The average molecular weight is 417 g/mol. The molecule has 8 heteroatoms. The van der Waals surface area contributed by atoms with E-state index in [-0.39, 0.29) is 12.3 Å². The molecule has 30 heavy (non-hydrogen) atoms. The fourth-order valence-corrected chi connectivity index (χ4v) is 4.08. The van der Waals surface area contributed by atoms with Crippen LogP contribution in [0, 0.1) is 5.92 Å². The van der Waals surface area contributed by atoms with E-state index in [1.54, 1.807) is 13.3 Å². The van der Waals surface area contributed by atoms with Crippen molar-refractivity contribution < 1.29 is 19.2 Å². The molecule has 1 aliphatic rings. The van der Waals surface area contributed by atoms with E-state index in [4.69, 9.17) is 9.26 Å². The Balaban J connectivity index is 1.59. The van der Waals surface area contributed by atoms with E-state index in [2.05, 4.69) is 20.4 Å². The van der Waals surface area contributed by atoms with Crippen molar-refractivity contribution in [2.24, 2.45) is 5.92 Å². The van der Waals surface area contributed by atoms with Crippen LogP contribution < -0.4 is 5.32 Å². The normalized spacial score (nSPS) is 15.8. The molecule has 8 nitrogen and oxygen atoms in total. The second-order valence-corrected chi connectivity index (χ2v) is 8.04. The van der Waals surface area contributed by atoms with Gasteiger partial charge >= 0.3 is 5.97 Å². The van der Waals surface area contributed by atoms with Gasteiger partial charge in [-0.15, -0.1) is 0 Å². The van der Waals surface area contributed by atoms with Crippen LogP contribution in [-0.4, -0.2) is 46.5 Å². The lowest BCUT2D eigenvalue weighted by Gasteiger charge is -2.21. The highest BCUT2D eigenvalue weighted by Gasteiger charge is 2.23. The molecule has 2 heterocycles. The second-order valence-electron chi connectivity index (χ2n) is 8.04. The summed E-state index contributed by atoms with van der Waals surface area (Å²) in [7, 11) is 1.65. The summed E-state index contributed by atoms with van der Waals surface area (Å²) >= 11 is 0. The van der Waals surface area contributed by atoms with Gasteiger partial charge in [0.25, 0.3) is 0 Å². The number of nitrogens with one attached hydrogen (secondary N) is 1. The maximum absolute atomic E-state index is 11.4. The van der Waals surface area contributed by atoms with Crippen LogP contribution in [-0.2, 0) is 9.53 Å². The molecule has 1 atom stereocenters. The molecule has 2 aromatic rings. The topological polar surface area (TPSA) is 110 Å². The van der Waals surface area contributed by atoms with Gasteiger partial charge in [-0.05, 0) is 24.5 Å². The molecule has 0 saturated heterocycles. The summed E-state index contributed by atoms with van der Waals surface area (Å²) in [5.41, 5.74) is 0.735. The smallest absolute Gasteiger partial charge is 0.304 e. The van der Waals surface area contributed by atoms with Gasteiger partial charge in [0.2, 0.25) is 11.7 Å². The van der Waals surface area contributed by atoms with Crippen molar-refractivity contribution in [2.75, 3.05) is 25.6 Å². The Kier molecular flexibility index (Phi) is 8.62. The van der Waals surface area contributed by atoms with Crippen LogP contribution in [0.25, 0.3) is 11.4 Å². The Bertz CT molecular complexity index is 772. The fourth-order valence-electron chi connectivity index (χ4n) is 4.08. The maximum Gasteiger partial charge on any atom is 0.304 e. The van der Waals surface area contributed by atoms with Crippen LogP contribution in [0.1, 0.15) is 69.6 Å². The number of carbonyl (C=O) groups is 1. The first-order chi connectivity index (χ1) is 14.7. The summed E-state index contributed by atoms with van der Waals surface area (Å²) in [4.78, 5) is 20.2. The number of hydrogen-bond acceptors (Lipinski definition) is 7. The molecule has 0 aromatic carbocycles. The molecule has 0 amide bonds. The predicted octanol–water partition coefficient (Wildman–Crippen LogP) is 4.50. The quantitative estimate of drug-likeness (QED) is 0.487. The van der Waals surface area contributed by atoms with E-state index in [0.29, 0.717) is 24.9 Å². The SMILES string of the molecule is COCCNc1ccc(-c2noc(C(CCCC3CCCCC3)CC(=O)O)n2)cn1. The highest BCUT2D eigenvalue weighted by molar-refractivity contribution is 5.67. The fraction of sp³-hybridized carbons (Fsp3) is 0.636. The monoisotopic (exact) mass is 416 g/mol. The van der Waals surface area contributed by atoms with Gasteiger partial charge in [0, 0.05) is 31.3 Å². The summed E-state index contributed by atoms with van der Waals surface area (Å²) in [5.74, 6) is 1.26. The predicted molar refractivity (Wildman–Crippen MR) is 113 cm³/mol. The number of rotatable bonds is 12. The number of ether oxygens (including phenoxy) is 1.